The van der Waals surface area contributed by atoms with Crippen molar-refractivity contribution in [3.8, 4) is 0 Å². The van der Waals surface area contributed by atoms with Crippen molar-refractivity contribution in [2.45, 2.75) is 45.4 Å². The maximum atomic E-state index is 13.0. The van der Waals surface area contributed by atoms with Crippen LogP contribution in [0.3, 0.4) is 0 Å². The van der Waals surface area contributed by atoms with E-state index in [1.807, 2.05) is 36.1 Å². The van der Waals surface area contributed by atoms with Crippen molar-refractivity contribution < 1.29 is 14.4 Å². The van der Waals surface area contributed by atoms with Gasteiger partial charge in [-0.3, -0.25) is 14.4 Å². The van der Waals surface area contributed by atoms with Crippen LogP contribution < -0.4 is 5.32 Å². The van der Waals surface area contributed by atoms with Crippen molar-refractivity contribution in [1.29, 1.82) is 0 Å². The molecule has 0 unspecified atom stereocenters. The minimum atomic E-state index is -0.390. The summed E-state index contributed by atoms with van der Waals surface area (Å²) < 4.78 is 0. The summed E-state index contributed by atoms with van der Waals surface area (Å²) in [5, 5.41) is 11.0. The number of aryl methyl sites for hydroxylation is 1. The highest BCUT2D eigenvalue weighted by Gasteiger charge is 2.33. The molecule has 2 aromatic rings. The highest BCUT2D eigenvalue weighted by molar-refractivity contribution is 7.15. The maximum absolute atomic E-state index is 13.0. The molecule has 170 valence electrons. The molecule has 9 heteroatoms. The molecule has 32 heavy (non-hydrogen) atoms. The molecular weight excluding hydrogens is 426 g/mol. The second kappa shape index (κ2) is 10.2. The van der Waals surface area contributed by atoms with Gasteiger partial charge in [0.05, 0.1) is 5.92 Å². The molecule has 2 aliphatic rings. The number of carbonyl (C=O) groups is 3. The number of hydrogen-bond acceptors (Lipinski definition) is 6. The summed E-state index contributed by atoms with van der Waals surface area (Å²) in [5.41, 5.74) is 1.76. The fourth-order valence-electron chi connectivity index (χ4n) is 4.27. The molecular formula is C23H29N5O3S. The Balaban J connectivity index is 1.37. The molecule has 0 aliphatic carbocycles. The zero-order valence-electron chi connectivity index (χ0n) is 18.4. The summed E-state index contributed by atoms with van der Waals surface area (Å²) in [6, 6.07) is 7.44. The van der Waals surface area contributed by atoms with Gasteiger partial charge >= 0.3 is 0 Å². The normalized spacial score (nSPS) is 19.3. The van der Waals surface area contributed by atoms with Crippen molar-refractivity contribution in [1.82, 2.24) is 20.0 Å². The van der Waals surface area contributed by atoms with E-state index in [0.29, 0.717) is 18.8 Å². The second-order valence-corrected chi connectivity index (χ2v) is 9.54. The lowest BCUT2D eigenvalue weighted by Gasteiger charge is -2.34. The smallest absolute Gasteiger partial charge is 0.286 e. The fraction of sp³-hybridized carbons (Fsp3) is 0.522. The van der Waals surface area contributed by atoms with E-state index in [1.54, 1.807) is 4.90 Å². The second-order valence-electron chi connectivity index (χ2n) is 8.56. The van der Waals surface area contributed by atoms with E-state index in [0.717, 1.165) is 55.7 Å². The van der Waals surface area contributed by atoms with Crippen LogP contribution in [0, 0.1) is 12.8 Å². The van der Waals surface area contributed by atoms with Crippen molar-refractivity contribution >= 4 is 34.7 Å². The van der Waals surface area contributed by atoms with Gasteiger partial charge in [0, 0.05) is 31.9 Å². The number of carbonyl (C=O) groups excluding carboxylic acids is 3. The van der Waals surface area contributed by atoms with Gasteiger partial charge < -0.3 is 15.1 Å². The lowest BCUT2D eigenvalue weighted by molar-refractivity contribution is -0.136. The van der Waals surface area contributed by atoms with Crippen LogP contribution >= 0.6 is 11.3 Å². The predicted molar refractivity (Wildman–Crippen MR) is 123 cm³/mol. The van der Waals surface area contributed by atoms with Gasteiger partial charge in [0.25, 0.3) is 11.8 Å². The number of aromatic nitrogens is 2. The van der Waals surface area contributed by atoms with Crippen LogP contribution in [0.2, 0.25) is 0 Å². The molecule has 4 rings (SSSR count). The van der Waals surface area contributed by atoms with Crippen LogP contribution in [0.15, 0.2) is 24.3 Å². The van der Waals surface area contributed by atoms with Crippen molar-refractivity contribution in [2.75, 3.05) is 31.5 Å². The van der Waals surface area contributed by atoms with Crippen LogP contribution in [0.5, 0.6) is 0 Å². The molecule has 2 saturated heterocycles. The molecule has 2 aliphatic heterocycles. The molecule has 1 N–H and O–H groups in total. The topological polar surface area (TPSA) is 95.5 Å². The Morgan fingerprint density at radius 2 is 1.56 bits per heavy atom. The molecule has 1 atom stereocenters. The number of piperidine rings is 1. The molecule has 0 radical (unpaired) electrons. The van der Waals surface area contributed by atoms with Gasteiger partial charge in [-0.1, -0.05) is 41.9 Å². The zero-order valence-corrected chi connectivity index (χ0v) is 19.2. The van der Waals surface area contributed by atoms with Crippen LogP contribution in [-0.2, 0) is 4.79 Å². The number of rotatable bonds is 4. The Morgan fingerprint density at radius 1 is 0.906 bits per heavy atom. The van der Waals surface area contributed by atoms with Crippen LogP contribution in [-0.4, -0.2) is 63.9 Å². The van der Waals surface area contributed by atoms with E-state index >= 15 is 0 Å². The Bertz CT molecular complexity index is 966. The fourth-order valence-corrected chi connectivity index (χ4v) is 4.98. The number of nitrogens with zero attached hydrogens (tertiary/aromatic N) is 4. The van der Waals surface area contributed by atoms with Gasteiger partial charge in [-0.05, 0) is 44.7 Å². The van der Waals surface area contributed by atoms with Crippen molar-refractivity contribution in [3.05, 3.63) is 39.8 Å². The van der Waals surface area contributed by atoms with Crippen LogP contribution in [0.1, 0.15) is 63.7 Å². The quantitative estimate of drug-likeness (QED) is 0.763. The number of nitrogens with one attached hydrogen (secondary N) is 1. The van der Waals surface area contributed by atoms with Gasteiger partial charge in [0.1, 0.15) is 0 Å². The van der Waals surface area contributed by atoms with E-state index in [-0.39, 0.29) is 27.7 Å². The number of amides is 3. The molecule has 3 amide bonds. The molecule has 0 bridgehead atoms. The predicted octanol–water partition coefficient (Wildman–Crippen LogP) is 3.35. The molecule has 8 nitrogen and oxygen atoms in total. The SMILES string of the molecule is Cc1ccc(NC(=O)c2nnc(C(=O)N3CCC[C@H](C(=O)N4CCCCCC4)C3)s2)cc1. The van der Waals surface area contributed by atoms with Gasteiger partial charge in [-0.25, -0.2) is 0 Å². The standard InChI is InChI=1S/C23H29N5O3S/c1-16-8-10-18(11-9-16)24-19(29)20-25-26-21(32-20)23(31)28-14-6-7-17(15-28)22(30)27-12-4-2-3-5-13-27/h8-11,17H,2-7,12-15H2,1H3,(H,24,29)/t17-/m0/s1. The van der Waals surface area contributed by atoms with Crippen LogP contribution in [0.25, 0.3) is 0 Å². The first-order valence-electron chi connectivity index (χ1n) is 11.3. The first kappa shape index (κ1) is 22.4. The third kappa shape index (κ3) is 5.32. The average molecular weight is 456 g/mol. The van der Waals surface area contributed by atoms with Gasteiger partial charge in [0.15, 0.2) is 0 Å². The van der Waals surface area contributed by atoms with Gasteiger partial charge in [0.2, 0.25) is 15.9 Å². The molecule has 0 saturated carbocycles. The maximum Gasteiger partial charge on any atom is 0.286 e. The first-order chi connectivity index (χ1) is 15.5. The number of hydrogen-bond donors (Lipinski definition) is 1. The summed E-state index contributed by atoms with van der Waals surface area (Å²) >= 11 is 0.985. The third-order valence-electron chi connectivity index (χ3n) is 6.09. The third-order valence-corrected chi connectivity index (χ3v) is 7.00. The van der Waals surface area contributed by atoms with E-state index in [4.69, 9.17) is 0 Å². The lowest BCUT2D eigenvalue weighted by atomic mass is 9.96. The van der Waals surface area contributed by atoms with Crippen LogP contribution in [0.4, 0.5) is 5.69 Å². The minimum Gasteiger partial charge on any atom is -0.342 e. The monoisotopic (exact) mass is 455 g/mol. The van der Waals surface area contributed by atoms with E-state index in [9.17, 15) is 14.4 Å². The summed E-state index contributed by atoms with van der Waals surface area (Å²) in [5.74, 6) is -0.647. The highest BCUT2D eigenvalue weighted by atomic mass is 32.1. The summed E-state index contributed by atoms with van der Waals surface area (Å²) in [6.07, 6.45) is 6.06. The Morgan fingerprint density at radius 3 is 2.28 bits per heavy atom. The zero-order chi connectivity index (χ0) is 22.5. The summed E-state index contributed by atoms with van der Waals surface area (Å²) in [7, 11) is 0. The Kier molecular flexibility index (Phi) is 7.14. The molecule has 2 fully saturated rings. The van der Waals surface area contributed by atoms with E-state index in [1.165, 1.54) is 12.8 Å². The van der Waals surface area contributed by atoms with E-state index in [2.05, 4.69) is 15.5 Å². The molecule has 3 heterocycles. The lowest BCUT2D eigenvalue weighted by Crippen LogP contribution is -2.47. The van der Waals surface area contributed by atoms with Gasteiger partial charge in [-0.2, -0.15) is 0 Å². The first-order valence-corrected chi connectivity index (χ1v) is 12.1. The minimum absolute atomic E-state index is 0.142. The Hall–Kier alpha value is -2.81. The van der Waals surface area contributed by atoms with E-state index < -0.39 is 5.91 Å². The number of anilines is 1. The molecule has 1 aromatic heterocycles. The number of benzene rings is 1. The Labute approximate surface area is 192 Å². The molecule has 0 spiro atoms. The summed E-state index contributed by atoms with van der Waals surface area (Å²) in [6.45, 7) is 4.60. The summed E-state index contributed by atoms with van der Waals surface area (Å²) in [4.78, 5) is 42.2. The van der Waals surface area contributed by atoms with Gasteiger partial charge in [-0.15, -0.1) is 10.2 Å². The van der Waals surface area contributed by atoms with Crippen molar-refractivity contribution in [3.63, 3.8) is 0 Å². The average Bonchev–Trinajstić information content (AvgIpc) is 3.15. The molecule has 1 aromatic carbocycles. The highest BCUT2D eigenvalue weighted by Crippen LogP contribution is 2.23. The largest absolute Gasteiger partial charge is 0.342 e. The number of likely N-dealkylation sites (tertiary alicyclic amines) is 2. The van der Waals surface area contributed by atoms with Crippen molar-refractivity contribution in [2.24, 2.45) is 5.92 Å².